The molecule has 14 heteroatoms. The van der Waals surface area contributed by atoms with Crippen LogP contribution in [0, 0.1) is 17.3 Å². The number of nitrogens with one attached hydrogen (secondary N) is 2. The summed E-state index contributed by atoms with van der Waals surface area (Å²) in [5.74, 6) is -2.01. The smallest absolute Gasteiger partial charge is 0.331 e. The number of benzene rings is 2. The zero-order valence-electron chi connectivity index (χ0n) is 32.5. The molecule has 0 radical (unpaired) electrons. The van der Waals surface area contributed by atoms with Crippen LogP contribution >= 0.6 is 11.6 Å². The third kappa shape index (κ3) is 7.99. The van der Waals surface area contributed by atoms with Crippen molar-refractivity contribution in [1.29, 1.82) is 0 Å². The van der Waals surface area contributed by atoms with Gasteiger partial charge in [-0.2, -0.15) is 0 Å². The topological polar surface area (TPSA) is 161 Å². The van der Waals surface area contributed by atoms with E-state index in [4.69, 9.17) is 25.8 Å². The number of carbonyl (C=O) groups is 3. The standard InChI is InChI=1S/C41H54ClN3O9S/c1-25-9-7-17-41(53-6,21-35(47)43-36(26(2)46)38(49)52-5)34-15-18-39(34,4)22-45-23-40(16-8-10-28-19-30(42)12-13-31(28)40)24-54-33-14-11-29(20-32(33)45)37(48)44-55(50,51)27(25)3/h7,11-14,17,19-20,25-27,34,36,46H,8-10,15-16,18,21-24H2,1-6H3,(H,43,47)(H,44,48)/b17-7+/t25-,26+,27+,34+,36+,39?,40-,41+/m0/s1. The summed E-state index contributed by atoms with van der Waals surface area (Å²) in [6, 6.07) is 9.85. The summed E-state index contributed by atoms with van der Waals surface area (Å²) in [6.07, 6.45) is 6.91. The average Bonchev–Trinajstić information content (AvgIpc) is 3.28. The van der Waals surface area contributed by atoms with Crippen molar-refractivity contribution in [1.82, 2.24) is 10.0 Å². The van der Waals surface area contributed by atoms with Gasteiger partial charge in [-0.3, -0.25) is 9.59 Å². The zero-order valence-corrected chi connectivity index (χ0v) is 34.1. The molecule has 8 atom stereocenters. The highest BCUT2D eigenvalue weighted by atomic mass is 35.5. The molecule has 2 heterocycles. The number of fused-ring (bicyclic) bond motifs is 4. The van der Waals surface area contributed by atoms with Crippen molar-refractivity contribution >= 4 is 45.1 Å². The van der Waals surface area contributed by atoms with Crippen molar-refractivity contribution in [2.45, 2.75) is 101 Å². The maximum absolute atomic E-state index is 13.9. The van der Waals surface area contributed by atoms with Crippen LogP contribution in [0.3, 0.4) is 0 Å². The first-order valence-corrected chi connectivity index (χ1v) is 21.0. The van der Waals surface area contributed by atoms with Crippen molar-refractivity contribution in [3.05, 3.63) is 70.3 Å². The second kappa shape index (κ2) is 15.7. The van der Waals surface area contributed by atoms with Crippen LogP contribution in [-0.4, -0.2) is 88.2 Å². The van der Waals surface area contributed by atoms with Crippen LogP contribution in [0.15, 0.2) is 48.6 Å². The van der Waals surface area contributed by atoms with Gasteiger partial charge in [0, 0.05) is 36.2 Å². The lowest BCUT2D eigenvalue weighted by molar-refractivity contribution is -0.152. The summed E-state index contributed by atoms with van der Waals surface area (Å²) in [6.45, 7) is 8.43. The van der Waals surface area contributed by atoms with E-state index in [0.29, 0.717) is 42.6 Å². The van der Waals surface area contributed by atoms with E-state index in [9.17, 15) is 27.9 Å². The van der Waals surface area contributed by atoms with Gasteiger partial charge in [-0.15, -0.1) is 0 Å². The number of allylic oxidation sites excluding steroid dienone is 1. The normalized spacial score (nSPS) is 31.9. The third-order valence-corrected chi connectivity index (χ3v) is 14.9. The number of halogens is 1. The van der Waals surface area contributed by atoms with Gasteiger partial charge >= 0.3 is 5.97 Å². The Morgan fingerprint density at radius 2 is 1.91 bits per heavy atom. The largest absolute Gasteiger partial charge is 0.490 e. The summed E-state index contributed by atoms with van der Waals surface area (Å²) in [7, 11) is -1.34. The number of methoxy groups -OCH3 is 2. The molecule has 4 aliphatic rings. The molecule has 2 aliphatic carbocycles. The molecule has 2 aliphatic heterocycles. The van der Waals surface area contributed by atoms with Crippen molar-refractivity contribution < 1.29 is 42.1 Å². The van der Waals surface area contributed by atoms with Crippen LogP contribution in [0.25, 0.3) is 0 Å². The number of ether oxygens (including phenoxy) is 3. The molecule has 55 heavy (non-hydrogen) atoms. The summed E-state index contributed by atoms with van der Waals surface area (Å²) in [5.41, 5.74) is 1.24. The van der Waals surface area contributed by atoms with E-state index >= 15 is 0 Å². The molecule has 0 saturated heterocycles. The minimum Gasteiger partial charge on any atom is -0.490 e. The van der Waals surface area contributed by atoms with Gasteiger partial charge in [0.25, 0.3) is 5.91 Å². The van der Waals surface area contributed by atoms with Gasteiger partial charge in [0.05, 0.1) is 42.8 Å². The first-order chi connectivity index (χ1) is 26.0. The molecule has 1 fully saturated rings. The van der Waals surface area contributed by atoms with E-state index in [-0.39, 0.29) is 17.9 Å². The Morgan fingerprint density at radius 1 is 1.15 bits per heavy atom. The van der Waals surface area contributed by atoms with E-state index in [2.05, 4.69) is 27.9 Å². The van der Waals surface area contributed by atoms with Gasteiger partial charge in [-0.05, 0) is 111 Å². The fraction of sp³-hybridized carbons (Fsp3) is 0.585. The van der Waals surface area contributed by atoms with Crippen LogP contribution < -0.4 is 19.7 Å². The summed E-state index contributed by atoms with van der Waals surface area (Å²) in [4.78, 5) is 42.3. The van der Waals surface area contributed by atoms with E-state index in [1.54, 1.807) is 39.2 Å². The summed E-state index contributed by atoms with van der Waals surface area (Å²) in [5, 5.41) is 12.7. The van der Waals surface area contributed by atoms with Crippen molar-refractivity contribution in [3.63, 3.8) is 0 Å². The number of nitrogens with zero attached hydrogens (tertiary/aromatic N) is 1. The van der Waals surface area contributed by atoms with E-state index in [1.165, 1.54) is 25.2 Å². The molecule has 12 nitrogen and oxygen atoms in total. The summed E-state index contributed by atoms with van der Waals surface area (Å²) < 4.78 is 47.4. The number of aliphatic hydroxyl groups excluding tert-OH is 1. The molecule has 1 saturated carbocycles. The molecule has 2 aromatic carbocycles. The van der Waals surface area contributed by atoms with Gasteiger partial charge in [-0.25, -0.2) is 17.9 Å². The third-order valence-electron chi connectivity index (χ3n) is 12.8. The Kier molecular flexibility index (Phi) is 11.7. The van der Waals surface area contributed by atoms with Crippen molar-refractivity contribution in [3.8, 4) is 5.75 Å². The lowest BCUT2D eigenvalue weighted by atomic mass is 9.54. The number of aliphatic hydroxyl groups is 1. The fourth-order valence-electron chi connectivity index (χ4n) is 9.29. The Bertz CT molecular complexity index is 1960. The fourth-order valence-corrected chi connectivity index (χ4v) is 10.8. The predicted molar refractivity (Wildman–Crippen MR) is 210 cm³/mol. The highest BCUT2D eigenvalue weighted by Crippen LogP contribution is 2.56. The monoisotopic (exact) mass is 799 g/mol. The highest BCUT2D eigenvalue weighted by molar-refractivity contribution is 7.90. The molecule has 2 amide bonds. The Labute approximate surface area is 329 Å². The number of hydrogen-bond acceptors (Lipinski definition) is 10. The highest BCUT2D eigenvalue weighted by Gasteiger charge is 2.56. The molecule has 3 N–H and O–H groups in total. The Morgan fingerprint density at radius 3 is 2.58 bits per heavy atom. The number of hydrogen-bond donors (Lipinski definition) is 3. The minimum atomic E-state index is -4.09. The predicted octanol–water partition coefficient (Wildman–Crippen LogP) is 5.09. The maximum atomic E-state index is 13.9. The Hall–Kier alpha value is -3.65. The first kappa shape index (κ1) is 41.0. The van der Waals surface area contributed by atoms with E-state index in [1.807, 2.05) is 24.3 Å². The molecular formula is C41H54ClN3O9S. The number of sulfonamides is 1. The quantitative estimate of drug-likeness (QED) is 0.266. The number of rotatable bonds is 6. The van der Waals surface area contributed by atoms with Crippen molar-refractivity contribution in [2.24, 2.45) is 17.3 Å². The minimum absolute atomic E-state index is 0.166. The van der Waals surface area contributed by atoms with E-state index < -0.39 is 67.6 Å². The van der Waals surface area contributed by atoms with Gasteiger partial charge in [0.1, 0.15) is 5.75 Å². The number of anilines is 1. The molecular weight excluding hydrogens is 746 g/mol. The molecule has 300 valence electrons. The van der Waals surface area contributed by atoms with Crippen LogP contribution in [0.1, 0.15) is 87.7 Å². The lowest BCUT2D eigenvalue weighted by Crippen LogP contribution is -2.60. The van der Waals surface area contributed by atoms with Gasteiger partial charge in [0.2, 0.25) is 15.9 Å². The number of carbonyl (C=O) groups excluding carboxylic acids is 3. The molecule has 1 unspecified atom stereocenters. The maximum Gasteiger partial charge on any atom is 0.331 e. The molecule has 2 aromatic rings. The Balaban J connectivity index is 1.46. The molecule has 2 bridgehead atoms. The SMILES string of the molecule is COC(=O)[C@H](NC(=O)C[C@]1(OC)/C=C/C[C@H](C)[C@@H](C)S(=O)(=O)NC(=O)c2ccc3c(c2)N(CC2(C)CC[C@H]21)C[C@@]1(CCCc2cc(Cl)ccc21)CO3)[C@@H](C)O. The molecule has 6 rings (SSSR count). The van der Waals surface area contributed by atoms with Gasteiger partial charge in [0.15, 0.2) is 6.04 Å². The number of esters is 1. The first-order valence-electron chi connectivity index (χ1n) is 19.1. The lowest BCUT2D eigenvalue weighted by Gasteiger charge is -2.57. The van der Waals surface area contributed by atoms with Crippen LogP contribution in [0.5, 0.6) is 5.75 Å². The second-order valence-corrected chi connectivity index (χ2v) is 18.9. The molecule has 0 aromatic heterocycles. The van der Waals surface area contributed by atoms with Crippen LogP contribution in [0.2, 0.25) is 5.02 Å². The number of aryl methyl sites for hydroxylation is 1. The number of amides is 2. The second-order valence-electron chi connectivity index (χ2n) is 16.4. The van der Waals surface area contributed by atoms with Crippen LogP contribution in [-0.2, 0) is 40.9 Å². The molecule has 1 spiro atoms. The summed E-state index contributed by atoms with van der Waals surface area (Å²) >= 11 is 6.47. The van der Waals surface area contributed by atoms with E-state index in [0.717, 1.165) is 32.1 Å². The van der Waals surface area contributed by atoms with Gasteiger partial charge in [-0.1, -0.05) is 43.7 Å². The van der Waals surface area contributed by atoms with Gasteiger partial charge < -0.3 is 29.5 Å². The van der Waals surface area contributed by atoms with Crippen molar-refractivity contribution in [2.75, 3.05) is 38.8 Å². The zero-order chi connectivity index (χ0) is 39.9. The average molecular weight is 800 g/mol. The van der Waals surface area contributed by atoms with Crippen LogP contribution in [0.4, 0.5) is 5.69 Å².